The molecule has 3 amide bonds. The van der Waals surface area contributed by atoms with Gasteiger partial charge in [-0.1, -0.05) is 24.3 Å². The van der Waals surface area contributed by atoms with E-state index in [9.17, 15) is 19.6 Å². The van der Waals surface area contributed by atoms with Gasteiger partial charge in [0.1, 0.15) is 35.4 Å². The van der Waals surface area contributed by atoms with Crippen molar-refractivity contribution < 1.29 is 23.9 Å². The second kappa shape index (κ2) is 10.8. The Morgan fingerprint density at radius 1 is 1.21 bits per heavy atom. The lowest BCUT2D eigenvalue weighted by molar-refractivity contribution is -0.126. The van der Waals surface area contributed by atoms with Gasteiger partial charge >= 0.3 is 0 Å². The molecule has 2 fully saturated rings. The largest absolute Gasteiger partial charge is 0.496 e. The highest BCUT2D eigenvalue weighted by atomic mass is 16.5. The molecule has 2 aliphatic heterocycles. The third-order valence-corrected chi connectivity index (χ3v) is 7.10. The minimum atomic E-state index is -0.849. The van der Waals surface area contributed by atoms with Crippen molar-refractivity contribution in [1.29, 1.82) is 5.26 Å². The number of ether oxygens (including phenoxy) is 2. The van der Waals surface area contributed by atoms with E-state index in [2.05, 4.69) is 21.7 Å². The van der Waals surface area contributed by atoms with Gasteiger partial charge in [-0.25, -0.2) is 0 Å². The van der Waals surface area contributed by atoms with Crippen molar-refractivity contribution in [2.45, 2.75) is 37.5 Å². The van der Waals surface area contributed by atoms with Gasteiger partial charge in [0, 0.05) is 29.8 Å². The van der Waals surface area contributed by atoms with Crippen LogP contribution in [0, 0.1) is 17.2 Å². The van der Waals surface area contributed by atoms with E-state index in [1.165, 1.54) is 4.90 Å². The normalized spacial score (nSPS) is 21.5. The van der Waals surface area contributed by atoms with Crippen molar-refractivity contribution >= 4 is 28.6 Å². The van der Waals surface area contributed by atoms with Crippen LogP contribution in [0.25, 0.3) is 10.9 Å². The fourth-order valence-electron chi connectivity index (χ4n) is 5.19. The lowest BCUT2D eigenvalue weighted by Crippen LogP contribution is -2.49. The number of nitriles is 1. The maximum atomic E-state index is 13.7. The first-order chi connectivity index (χ1) is 18.5. The number of carbonyl (C=O) groups excluding carboxylic acids is 3. The molecule has 1 unspecified atom stereocenters. The third kappa shape index (κ3) is 5.13. The number of fused-ring (bicyclic) bond motifs is 1. The molecule has 0 aliphatic carbocycles. The summed E-state index contributed by atoms with van der Waals surface area (Å²) < 4.78 is 11.5. The number of H-pyrrole nitrogens is 1. The van der Waals surface area contributed by atoms with Crippen LogP contribution in [0.5, 0.6) is 11.5 Å². The molecule has 0 bridgehead atoms. The van der Waals surface area contributed by atoms with Gasteiger partial charge in [-0.3, -0.25) is 14.4 Å². The molecule has 3 heterocycles. The molecule has 0 saturated carbocycles. The molecular weight excluding hydrogens is 486 g/mol. The number of methoxy groups -OCH3 is 1. The summed E-state index contributed by atoms with van der Waals surface area (Å²) in [5.74, 6) is 0.0388. The third-order valence-electron chi connectivity index (χ3n) is 7.10. The van der Waals surface area contributed by atoms with Crippen LogP contribution in [0.3, 0.4) is 0 Å². The molecule has 5 rings (SSSR count). The van der Waals surface area contributed by atoms with E-state index in [-0.39, 0.29) is 37.1 Å². The molecule has 2 aromatic carbocycles. The van der Waals surface area contributed by atoms with Crippen LogP contribution in [-0.2, 0) is 9.59 Å². The van der Waals surface area contributed by atoms with E-state index in [0.717, 1.165) is 10.9 Å². The van der Waals surface area contributed by atoms with E-state index in [1.54, 1.807) is 13.2 Å². The number of nitrogens with one attached hydrogen (secondary N) is 3. The summed E-state index contributed by atoms with van der Waals surface area (Å²) in [4.78, 5) is 43.8. The van der Waals surface area contributed by atoms with E-state index in [4.69, 9.17) is 9.47 Å². The van der Waals surface area contributed by atoms with Crippen LogP contribution < -0.4 is 20.1 Å². The van der Waals surface area contributed by atoms with Crippen LogP contribution in [0.15, 0.2) is 54.6 Å². The Hall–Kier alpha value is -4.52. The monoisotopic (exact) mass is 515 g/mol. The molecular formula is C28H29N5O5. The zero-order valence-corrected chi connectivity index (χ0v) is 21.0. The summed E-state index contributed by atoms with van der Waals surface area (Å²) in [5, 5.41) is 15.9. The van der Waals surface area contributed by atoms with Gasteiger partial charge < -0.3 is 30.0 Å². The molecule has 196 valence electrons. The predicted molar refractivity (Wildman–Crippen MR) is 138 cm³/mol. The summed E-state index contributed by atoms with van der Waals surface area (Å²) in [6.07, 6.45) is 0.688. The number of benzene rings is 2. The van der Waals surface area contributed by atoms with Crippen LogP contribution in [0.1, 0.15) is 29.8 Å². The van der Waals surface area contributed by atoms with Crippen molar-refractivity contribution in [2.75, 3.05) is 20.2 Å². The quantitative estimate of drug-likeness (QED) is 0.421. The average Bonchev–Trinajstić information content (AvgIpc) is 3.66. The maximum absolute atomic E-state index is 13.7. The topological polar surface area (TPSA) is 137 Å². The van der Waals surface area contributed by atoms with Crippen molar-refractivity contribution in [2.24, 2.45) is 5.92 Å². The van der Waals surface area contributed by atoms with Gasteiger partial charge in [-0.05, 0) is 43.2 Å². The van der Waals surface area contributed by atoms with Crippen molar-refractivity contribution in [3.63, 3.8) is 0 Å². The molecule has 3 aromatic rings. The Balaban J connectivity index is 1.37. The second-order valence-corrected chi connectivity index (χ2v) is 9.57. The Labute approximate surface area is 219 Å². The number of para-hydroxylation sites is 1. The van der Waals surface area contributed by atoms with E-state index in [0.29, 0.717) is 30.2 Å². The zero-order valence-electron chi connectivity index (χ0n) is 21.0. The number of hydrogen-bond acceptors (Lipinski definition) is 6. The van der Waals surface area contributed by atoms with E-state index in [1.807, 2.05) is 48.5 Å². The summed E-state index contributed by atoms with van der Waals surface area (Å²) in [6, 6.07) is 16.8. The maximum Gasteiger partial charge on any atom is 0.271 e. The predicted octanol–water partition coefficient (Wildman–Crippen LogP) is 2.37. The van der Waals surface area contributed by atoms with Crippen LogP contribution in [0.4, 0.5) is 0 Å². The number of aromatic amines is 1. The second-order valence-electron chi connectivity index (χ2n) is 9.57. The summed E-state index contributed by atoms with van der Waals surface area (Å²) in [7, 11) is 1.57. The van der Waals surface area contributed by atoms with E-state index >= 15 is 0 Å². The lowest BCUT2D eigenvalue weighted by Gasteiger charge is -2.24. The fourth-order valence-corrected chi connectivity index (χ4v) is 5.19. The van der Waals surface area contributed by atoms with Gasteiger partial charge in [0.2, 0.25) is 11.8 Å². The molecule has 38 heavy (non-hydrogen) atoms. The lowest BCUT2D eigenvalue weighted by atomic mass is 9.98. The first kappa shape index (κ1) is 25.1. The van der Waals surface area contributed by atoms with Gasteiger partial charge in [0.15, 0.2) is 0 Å². The number of nitrogens with zero attached hydrogens (tertiary/aromatic N) is 2. The Morgan fingerprint density at radius 3 is 2.74 bits per heavy atom. The minimum Gasteiger partial charge on any atom is -0.496 e. The number of carbonyl (C=O) groups is 3. The SMILES string of the molecule is COc1cccc2[nH]c(C(=O)N3C[C@H](Oc4ccccc4)C[C@H]3C(=O)N[C@H](C#N)CC3CCNC3=O)cc12. The number of hydrogen-bond donors (Lipinski definition) is 3. The Kier molecular flexibility index (Phi) is 7.18. The molecule has 1 aromatic heterocycles. The van der Waals surface area contributed by atoms with Crippen molar-refractivity contribution in [1.82, 2.24) is 20.5 Å². The molecule has 0 spiro atoms. The zero-order chi connectivity index (χ0) is 26.6. The molecule has 2 aliphatic rings. The van der Waals surface area contributed by atoms with Gasteiger partial charge in [0.25, 0.3) is 5.91 Å². The summed E-state index contributed by atoms with van der Waals surface area (Å²) >= 11 is 0. The molecule has 4 atom stereocenters. The molecule has 10 heteroatoms. The molecule has 2 saturated heterocycles. The number of aromatic nitrogens is 1. The molecule has 10 nitrogen and oxygen atoms in total. The highest BCUT2D eigenvalue weighted by Crippen LogP contribution is 2.29. The standard InChI is InChI=1S/C28H29N5O5/c1-37-25-9-5-8-22-21(25)14-23(32-22)28(36)33-16-20(38-19-6-3-2-4-7-19)13-24(33)27(35)31-18(15-29)12-17-10-11-30-26(17)34/h2-9,14,17-18,20,24,32H,10-13,16H2,1H3,(H,30,34)(H,31,35)/t17?,18-,20+,24-/m0/s1. The van der Waals surface area contributed by atoms with Gasteiger partial charge in [0.05, 0.1) is 19.7 Å². The Bertz CT molecular complexity index is 1380. The van der Waals surface area contributed by atoms with Gasteiger partial charge in [-0.15, -0.1) is 0 Å². The number of amides is 3. The summed E-state index contributed by atoms with van der Waals surface area (Å²) in [6.45, 7) is 0.759. The highest BCUT2D eigenvalue weighted by Gasteiger charge is 2.42. The number of likely N-dealkylation sites (tertiary alicyclic amines) is 1. The Morgan fingerprint density at radius 2 is 2.03 bits per heavy atom. The number of rotatable bonds is 8. The smallest absolute Gasteiger partial charge is 0.271 e. The van der Waals surface area contributed by atoms with Crippen molar-refractivity contribution in [3.05, 3.63) is 60.3 Å². The minimum absolute atomic E-state index is 0.109. The molecule has 0 radical (unpaired) electrons. The highest BCUT2D eigenvalue weighted by molar-refractivity contribution is 6.01. The first-order valence-electron chi connectivity index (χ1n) is 12.6. The van der Waals surface area contributed by atoms with Crippen LogP contribution >= 0.6 is 0 Å². The fraction of sp³-hybridized carbons (Fsp3) is 0.357. The first-order valence-corrected chi connectivity index (χ1v) is 12.6. The van der Waals surface area contributed by atoms with Crippen LogP contribution in [-0.4, -0.2) is 66.0 Å². The van der Waals surface area contributed by atoms with Gasteiger partial charge in [-0.2, -0.15) is 5.26 Å². The summed E-state index contributed by atoms with van der Waals surface area (Å²) in [5.41, 5.74) is 1.06. The molecule has 3 N–H and O–H groups in total. The van der Waals surface area contributed by atoms with E-state index < -0.39 is 24.1 Å². The van der Waals surface area contributed by atoms with Crippen molar-refractivity contribution in [3.8, 4) is 17.6 Å². The van der Waals surface area contributed by atoms with Crippen LogP contribution in [0.2, 0.25) is 0 Å². The average molecular weight is 516 g/mol.